The molecule has 0 N–H and O–H groups in total. The Bertz CT molecular complexity index is 206. The molecule has 0 aromatic carbocycles. The van der Waals surface area contributed by atoms with E-state index in [1.165, 1.54) is 0 Å². The maximum atomic E-state index is 8.45. The normalized spacial score (nSPS) is 13.9. The molecule has 0 aliphatic carbocycles. The number of nitrogens with zero attached hydrogens (tertiary/aromatic N) is 2. The van der Waals surface area contributed by atoms with Crippen LogP contribution >= 0.6 is 20.8 Å². The van der Waals surface area contributed by atoms with Crippen LogP contribution in [0, 0.1) is 22.7 Å². The van der Waals surface area contributed by atoms with Crippen LogP contribution in [0.5, 0.6) is 0 Å². The van der Waals surface area contributed by atoms with Gasteiger partial charge in [0.25, 0.3) is 0 Å². The van der Waals surface area contributed by atoms with E-state index in [2.05, 4.69) is 41.0 Å². The second-order valence-electron chi connectivity index (χ2n) is 3.78. The van der Waals surface area contributed by atoms with Gasteiger partial charge >= 0.3 is 82.0 Å². The molecule has 0 aromatic rings. The molecule has 0 fully saturated rings. The van der Waals surface area contributed by atoms with Gasteiger partial charge in [-0.1, -0.05) is 0 Å². The molecule has 0 aliphatic rings. The van der Waals surface area contributed by atoms with Gasteiger partial charge in [0.2, 0.25) is 0 Å². The molecular formula is C8H14BrN2P. The molecule has 0 atom stereocenters. The molecule has 0 spiro atoms. The first-order valence-corrected chi connectivity index (χ1v) is 9.37. The second-order valence-corrected chi connectivity index (χ2v) is 17.0. The molecule has 0 heterocycles. The Morgan fingerprint density at radius 1 is 1.08 bits per heavy atom. The molecule has 0 unspecified atom stereocenters. The molecule has 0 saturated heterocycles. The van der Waals surface area contributed by atoms with Crippen molar-refractivity contribution in [2.45, 2.75) is 12.8 Å². The summed E-state index contributed by atoms with van der Waals surface area (Å²) in [5.74, 6) is 0. The van der Waals surface area contributed by atoms with Gasteiger partial charge in [-0.25, -0.2) is 0 Å². The van der Waals surface area contributed by atoms with Crippen molar-refractivity contribution in [3.8, 4) is 12.1 Å². The SMILES string of the molecule is CP(C)(Br)(CCC#N)CCC#N. The van der Waals surface area contributed by atoms with E-state index in [1.54, 1.807) is 0 Å². The maximum absolute atomic E-state index is 8.45. The zero-order valence-electron chi connectivity index (χ0n) is 7.55. The second kappa shape index (κ2) is 4.22. The quantitative estimate of drug-likeness (QED) is 0.719. The van der Waals surface area contributed by atoms with Crippen LogP contribution < -0.4 is 0 Å². The van der Waals surface area contributed by atoms with E-state index in [9.17, 15) is 0 Å². The summed E-state index contributed by atoms with van der Waals surface area (Å²) in [5, 5.41) is 15.1. The summed E-state index contributed by atoms with van der Waals surface area (Å²) in [7, 11) is 0. The third-order valence-corrected chi connectivity index (χ3v) is 7.16. The Kier molecular flexibility index (Phi) is 4.18. The van der Waals surface area contributed by atoms with Gasteiger partial charge in [-0.15, -0.1) is 0 Å². The summed E-state index contributed by atoms with van der Waals surface area (Å²) >= 11 is 3.72. The van der Waals surface area contributed by atoms with Crippen molar-refractivity contribution in [1.82, 2.24) is 0 Å². The average Bonchev–Trinajstić information content (AvgIpc) is 1.97. The first-order valence-electron chi connectivity index (χ1n) is 3.85. The summed E-state index contributed by atoms with van der Waals surface area (Å²) in [5.41, 5.74) is 0. The standard InChI is InChI=1S/C8H14BrN2P/c1-12(2,9,7-3-5-10)8-4-6-11/h3-4,7-8H2,1-2H3. The van der Waals surface area contributed by atoms with Crippen LogP contribution in [0.2, 0.25) is 0 Å². The first kappa shape index (κ1) is 11.9. The van der Waals surface area contributed by atoms with E-state index in [0.29, 0.717) is 12.8 Å². The number of hydrogen-bond donors (Lipinski definition) is 0. The van der Waals surface area contributed by atoms with Crippen LogP contribution in [0.25, 0.3) is 0 Å². The van der Waals surface area contributed by atoms with E-state index >= 15 is 0 Å². The first-order chi connectivity index (χ1) is 5.39. The molecule has 0 radical (unpaired) electrons. The predicted molar refractivity (Wildman–Crippen MR) is 57.9 cm³/mol. The molecular weight excluding hydrogens is 235 g/mol. The zero-order chi connectivity index (χ0) is 9.69. The van der Waals surface area contributed by atoms with Crippen molar-refractivity contribution in [1.29, 1.82) is 10.5 Å². The van der Waals surface area contributed by atoms with Gasteiger partial charge in [0.05, 0.1) is 0 Å². The molecule has 0 amide bonds. The Morgan fingerprint density at radius 3 is 1.67 bits per heavy atom. The van der Waals surface area contributed by atoms with Gasteiger partial charge < -0.3 is 0 Å². The third-order valence-electron chi connectivity index (χ3n) is 1.83. The van der Waals surface area contributed by atoms with Crippen molar-refractivity contribution in [2.24, 2.45) is 0 Å². The molecule has 68 valence electrons. The van der Waals surface area contributed by atoms with Crippen molar-refractivity contribution < 1.29 is 0 Å². The topological polar surface area (TPSA) is 47.6 Å². The van der Waals surface area contributed by atoms with Gasteiger partial charge in [-0.2, -0.15) is 0 Å². The summed E-state index contributed by atoms with van der Waals surface area (Å²) < 4.78 is 0. The van der Waals surface area contributed by atoms with Crippen LogP contribution in [0.4, 0.5) is 0 Å². The molecule has 0 aromatic heterocycles. The Hall–Kier alpha value is -0.110. The Morgan fingerprint density at radius 2 is 1.42 bits per heavy atom. The summed E-state index contributed by atoms with van der Waals surface area (Å²) in [6, 6.07) is 4.29. The van der Waals surface area contributed by atoms with Crippen LogP contribution in [0.3, 0.4) is 0 Å². The van der Waals surface area contributed by atoms with Gasteiger partial charge in [-0.3, -0.25) is 0 Å². The van der Waals surface area contributed by atoms with E-state index in [0.717, 1.165) is 12.3 Å². The van der Waals surface area contributed by atoms with E-state index < -0.39 is 5.31 Å². The monoisotopic (exact) mass is 248 g/mol. The van der Waals surface area contributed by atoms with Crippen LogP contribution in [-0.2, 0) is 0 Å². The molecule has 0 rings (SSSR count). The fourth-order valence-corrected chi connectivity index (χ4v) is 3.77. The third kappa shape index (κ3) is 5.53. The fraction of sp³-hybridized carbons (Fsp3) is 0.750. The van der Waals surface area contributed by atoms with Crippen LogP contribution in [-0.4, -0.2) is 25.7 Å². The zero-order valence-corrected chi connectivity index (χ0v) is 10.0. The molecule has 0 saturated carbocycles. The van der Waals surface area contributed by atoms with Gasteiger partial charge in [0.15, 0.2) is 0 Å². The fourth-order valence-electron chi connectivity index (χ4n) is 0.902. The van der Waals surface area contributed by atoms with Gasteiger partial charge in [0, 0.05) is 0 Å². The summed E-state index contributed by atoms with van der Waals surface area (Å²) in [4.78, 5) is 0. The predicted octanol–water partition coefficient (Wildman–Crippen LogP) is 2.94. The van der Waals surface area contributed by atoms with Gasteiger partial charge in [0.1, 0.15) is 0 Å². The van der Waals surface area contributed by atoms with E-state index in [4.69, 9.17) is 10.5 Å². The van der Waals surface area contributed by atoms with Crippen LogP contribution in [0.1, 0.15) is 12.8 Å². The van der Waals surface area contributed by atoms with Gasteiger partial charge in [-0.05, 0) is 0 Å². The average molecular weight is 249 g/mol. The van der Waals surface area contributed by atoms with E-state index in [-0.39, 0.29) is 0 Å². The Labute approximate surface area is 82.2 Å². The molecule has 0 bridgehead atoms. The number of hydrogen-bond acceptors (Lipinski definition) is 2. The molecule has 12 heavy (non-hydrogen) atoms. The number of halogens is 1. The molecule has 2 nitrogen and oxygen atoms in total. The van der Waals surface area contributed by atoms with Crippen molar-refractivity contribution in [2.75, 3.05) is 25.7 Å². The Balaban J connectivity index is 4.12. The summed E-state index contributed by atoms with van der Waals surface area (Å²) in [6.45, 7) is 4.33. The van der Waals surface area contributed by atoms with Crippen LogP contribution in [0.15, 0.2) is 0 Å². The minimum atomic E-state index is -1.84. The van der Waals surface area contributed by atoms with Crippen molar-refractivity contribution >= 4 is 20.8 Å². The van der Waals surface area contributed by atoms with Crippen molar-refractivity contribution in [3.05, 3.63) is 0 Å². The number of nitriles is 2. The summed E-state index contributed by atoms with van der Waals surface area (Å²) in [6.07, 6.45) is 2.98. The van der Waals surface area contributed by atoms with E-state index in [1.807, 2.05) is 0 Å². The minimum absolute atomic E-state index is 0.585. The van der Waals surface area contributed by atoms with Crippen molar-refractivity contribution in [3.63, 3.8) is 0 Å². The number of rotatable bonds is 4. The molecule has 4 heteroatoms. The molecule has 0 aliphatic heterocycles.